The number of amides is 3. The smallest absolute Gasteiger partial charge is 0.312 e. The number of carbonyl (C=O) groups excluding carboxylic acids is 2. The summed E-state index contributed by atoms with van der Waals surface area (Å²) in [6.07, 6.45) is 3.48. The minimum absolute atomic E-state index is 0.229. The lowest BCUT2D eigenvalue weighted by Gasteiger charge is -2.17. The van der Waals surface area contributed by atoms with Crippen LogP contribution in [0.15, 0.2) is 30.5 Å². The SMILES string of the molecule is COCc1ccc(NC(=O)[C@H](CCCNC(N)=O)n2cc([C@@H](N)CC(C)C)nn2)cc1. The van der Waals surface area contributed by atoms with E-state index < -0.39 is 12.1 Å². The lowest BCUT2D eigenvalue weighted by atomic mass is 10.0. The Bertz CT molecular complexity index is 836. The Balaban J connectivity index is 2.12. The molecule has 0 saturated heterocycles. The van der Waals surface area contributed by atoms with Gasteiger partial charge in [-0.2, -0.15) is 0 Å². The van der Waals surface area contributed by atoms with Crippen molar-refractivity contribution in [3.05, 3.63) is 41.7 Å². The monoisotopic (exact) mass is 431 g/mol. The molecule has 0 saturated carbocycles. The molecule has 0 unspecified atom stereocenters. The van der Waals surface area contributed by atoms with Crippen molar-refractivity contribution in [2.45, 2.75) is 51.8 Å². The van der Waals surface area contributed by atoms with Gasteiger partial charge >= 0.3 is 6.03 Å². The molecule has 0 aliphatic heterocycles. The molecule has 2 aromatic rings. The summed E-state index contributed by atoms with van der Waals surface area (Å²) in [6, 6.07) is 5.97. The molecule has 2 rings (SSSR count). The first-order valence-corrected chi connectivity index (χ1v) is 10.4. The van der Waals surface area contributed by atoms with Crippen LogP contribution in [0.4, 0.5) is 10.5 Å². The molecule has 1 aromatic heterocycles. The lowest BCUT2D eigenvalue weighted by molar-refractivity contribution is -0.119. The second kappa shape index (κ2) is 12.0. The minimum atomic E-state index is -0.610. The zero-order valence-electron chi connectivity index (χ0n) is 18.4. The lowest BCUT2D eigenvalue weighted by Crippen LogP contribution is -2.31. The van der Waals surface area contributed by atoms with Crippen LogP contribution < -0.4 is 22.1 Å². The number of hydrogen-bond donors (Lipinski definition) is 4. The van der Waals surface area contributed by atoms with Crippen LogP contribution in [-0.4, -0.2) is 40.6 Å². The van der Waals surface area contributed by atoms with E-state index in [2.05, 4.69) is 34.8 Å². The molecule has 2 atom stereocenters. The number of urea groups is 1. The van der Waals surface area contributed by atoms with Crippen molar-refractivity contribution in [2.75, 3.05) is 19.0 Å². The summed E-state index contributed by atoms with van der Waals surface area (Å²) in [5, 5.41) is 13.8. The number of carbonyl (C=O) groups is 2. The Kier molecular flexibility index (Phi) is 9.41. The molecule has 10 heteroatoms. The molecule has 31 heavy (non-hydrogen) atoms. The maximum atomic E-state index is 13.0. The van der Waals surface area contributed by atoms with Gasteiger partial charge in [0.25, 0.3) is 0 Å². The number of hydrogen-bond acceptors (Lipinski definition) is 6. The number of nitrogens with one attached hydrogen (secondary N) is 2. The van der Waals surface area contributed by atoms with E-state index in [1.807, 2.05) is 24.3 Å². The van der Waals surface area contributed by atoms with Gasteiger partial charge in [-0.3, -0.25) is 4.79 Å². The molecule has 1 heterocycles. The van der Waals surface area contributed by atoms with Crippen molar-refractivity contribution < 1.29 is 14.3 Å². The van der Waals surface area contributed by atoms with Gasteiger partial charge in [0, 0.05) is 19.3 Å². The maximum absolute atomic E-state index is 13.0. The Hall–Kier alpha value is -2.98. The van der Waals surface area contributed by atoms with Crippen molar-refractivity contribution in [2.24, 2.45) is 17.4 Å². The van der Waals surface area contributed by atoms with Gasteiger partial charge in [0.2, 0.25) is 5.91 Å². The van der Waals surface area contributed by atoms with Crippen LogP contribution in [0.1, 0.15) is 56.5 Å². The maximum Gasteiger partial charge on any atom is 0.312 e. The average Bonchev–Trinajstić information content (AvgIpc) is 3.19. The summed E-state index contributed by atoms with van der Waals surface area (Å²) in [5.74, 6) is 0.188. The summed E-state index contributed by atoms with van der Waals surface area (Å²) >= 11 is 0. The van der Waals surface area contributed by atoms with Crippen molar-refractivity contribution in [1.29, 1.82) is 0 Å². The highest BCUT2D eigenvalue weighted by molar-refractivity contribution is 5.93. The number of nitrogens with zero attached hydrogens (tertiary/aromatic N) is 3. The van der Waals surface area contributed by atoms with Crippen LogP contribution in [0.3, 0.4) is 0 Å². The highest BCUT2D eigenvalue weighted by atomic mass is 16.5. The first-order chi connectivity index (χ1) is 14.8. The first-order valence-electron chi connectivity index (χ1n) is 10.4. The van der Waals surface area contributed by atoms with Crippen molar-refractivity contribution in [3.8, 4) is 0 Å². The van der Waals surface area contributed by atoms with E-state index in [1.54, 1.807) is 13.3 Å². The number of aromatic nitrogens is 3. The predicted molar refractivity (Wildman–Crippen MR) is 118 cm³/mol. The number of primary amides is 1. The standard InChI is InChI=1S/C21H33N7O3/c1-14(2)11-17(22)18-12-28(27-26-18)19(5-4-10-24-21(23)30)20(29)25-16-8-6-15(7-9-16)13-31-3/h6-9,12,14,17,19H,4-5,10-11,13,22H2,1-3H3,(H,25,29)(H3,23,24,30)/t17-,19-/m0/s1. The van der Waals surface area contributed by atoms with Gasteiger partial charge < -0.3 is 26.8 Å². The zero-order chi connectivity index (χ0) is 22.8. The predicted octanol–water partition coefficient (Wildman–Crippen LogP) is 2.10. The van der Waals surface area contributed by atoms with Gasteiger partial charge in [0.05, 0.1) is 24.5 Å². The number of anilines is 1. The molecular formula is C21H33N7O3. The third-order valence-corrected chi connectivity index (χ3v) is 4.74. The van der Waals surface area contributed by atoms with E-state index in [4.69, 9.17) is 16.2 Å². The van der Waals surface area contributed by atoms with Gasteiger partial charge in [-0.05, 0) is 42.9 Å². The summed E-state index contributed by atoms with van der Waals surface area (Å²) in [7, 11) is 1.63. The Morgan fingerprint density at radius 1 is 1.23 bits per heavy atom. The second-order valence-corrected chi connectivity index (χ2v) is 7.93. The van der Waals surface area contributed by atoms with Gasteiger partial charge in [-0.1, -0.05) is 31.2 Å². The molecule has 0 bridgehead atoms. The number of benzene rings is 1. The fourth-order valence-corrected chi connectivity index (χ4v) is 3.21. The van der Waals surface area contributed by atoms with Crippen LogP contribution >= 0.6 is 0 Å². The Morgan fingerprint density at radius 3 is 2.55 bits per heavy atom. The van der Waals surface area contributed by atoms with Crippen LogP contribution in [0, 0.1) is 5.92 Å². The normalized spacial score (nSPS) is 13.1. The van der Waals surface area contributed by atoms with E-state index in [9.17, 15) is 9.59 Å². The molecule has 0 aliphatic carbocycles. The highest BCUT2D eigenvalue weighted by Crippen LogP contribution is 2.21. The molecule has 1 aromatic carbocycles. The number of nitrogens with two attached hydrogens (primary N) is 2. The van der Waals surface area contributed by atoms with Gasteiger partial charge in [-0.15, -0.1) is 5.10 Å². The zero-order valence-corrected chi connectivity index (χ0v) is 18.4. The van der Waals surface area contributed by atoms with E-state index >= 15 is 0 Å². The molecule has 3 amide bonds. The summed E-state index contributed by atoms with van der Waals surface area (Å²) < 4.78 is 6.64. The fourth-order valence-electron chi connectivity index (χ4n) is 3.21. The Labute approximate surface area is 182 Å². The molecule has 0 aliphatic rings. The number of methoxy groups -OCH3 is 1. The summed E-state index contributed by atoms with van der Waals surface area (Å²) in [5.41, 5.74) is 13.6. The first kappa shape index (κ1) is 24.3. The molecule has 170 valence electrons. The van der Waals surface area contributed by atoms with Crippen LogP contribution in [0.2, 0.25) is 0 Å². The van der Waals surface area contributed by atoms with Crippen molar-refractivity contribution >= 4 is 17.6 Å². The van der Waals surface area contributed by atoms with Gasteiger partial charge in [0.15, 0.2) is 0 Å². The van der Waals surface area contributed by atoms with Crippen molar-refractivity contribution in [1.82, 2.24) is 20.3 Å². The molecule has 0 spiro atoms. The summed E-state index contributed by atoms with van der Waals surface area (Å²) in [4.78, 5) is 24.0. The van der Waals surface area contributed by atoms with Crippen LogP contribution in [0.5, 0.6) is 0 Å². The van der Waals surface area contributed by atoms with Gasteiger partial charge in [0.1, 0.15) is 6.04 Å². The van der Waals surface area contributed by atoms with Gasteiger partial charge in [-0.25, -0.2) is 9.48 Å². The number of rotatable bonds is 12. The summed E-state index contributed by atoms with van der Waals surface area (Å²) in [6.45, 7) is 5.04. The third-order valence-electron chi connectivity index (χ3n) is 4.74. The van der Waals surface area contributed by atoms with E-state index in [-0.39, 0.29) is 11.9 Å². The largest absolute Gasteiger partial charge is 0.380 e. The average molecular weight is 432 g/mol. The Morgan fingerprint density at radius 2 is 1.94 bits per heavy atom. The van der Waals surface area contributed by atoms with Crippen LogP contribution in [0.25, 0.3) is 0 Å². The fraction of sp³-hybridized carbons (Fsp3) is 0.524. The molecule has 0 fully saturated rings. The molecule has 0 radical (unpaired) electrons. The second-order valence-electron chi connectivity index (χ2n) is 7.93. The van der Waals surface area contributed by atoms with Crippen molar-refractivity contribution in [3.63, 3.8) is 0 Å². The van der Waals surface area contributed by atoms with Crippen LogP contribution in [-0.2, 0) is 16.1 Å². The molecule has 10 nitrogen and oxygen atoms in total. The quantitative estimate of drug-likeness (QED) is 0.378. The molecule has 6 N–H and O–H groups in total. The number of ether oxygens (including phenoxy) is 1. The third kappa shape index (κ3) is 7.99. The molecular weight excluding hydrogens is 398 g/mol. The van der Waals surface area contributed by atoms with E-state index in [0.717, 1.165) is 12.0 Å². The highest BCUT2D eigenvalue weighted by Gasteiger charge is 2.23. The van der Waals surface area contributed by atoms with E-state index in [1.165, 1.54) is 4.68 Å². The minimum Gasteiger partial charge on any atom is -0.380 e. The van der Waals surface area contributed by atoms with E-state index in [0.29, 0.717) is 43.3 Å². The topological polar surface area (TPSA) is 150 Å².